The van der Waals surface area contributed by atoms with E-state index in [1.54, 1.807) is 37.3 Å². The summed E-state index contributed by atoms with van der Waals surface area (Å²) in [7, 11) is 0. The maximum absolute atomic E-state index is 11.7. The minimum absolute atomic E-state index is 0.0868. The smallest absolute Gasteiger partial charge is 0.348 e. The van der Waals surface area contributed by atoms with E-state index in [1.165, 1.54) is 6.08 Å². The Kier molecular flexibility index (Phi) is 6.33. The Balaban J connectivity index is 2.18. The van der Waals surface area contributed by atoms with Gasteiger partial charge in [0.15, 0.2) is 0 Å². The number of rotatable bonds is 6. The van der Waals surface area contributed by atoms with E-state index in [-0.39, 0.29) is 12.2 Å². The van der Waals surface area contributed by atoms with E-state index in [0.29, 0.717) is 23.5 Å². The second-order valence-electron chi connectivity index (χ2n) is 5.03. The molecule has 0 N–H and O–H groups in total. The lowest BCUT2D eigenvalue weighted by molar-refractivity contribution is -0.137. The number of carbonyl (C=O) groups excluding carboxylic acids is 1. The maximum Gasteiger partial charge on any atom is 0.348 e. The summed E-state index contributed by atoms with van der Waals surface area (Å²) in [6.45, 7) is 2.19. The van der Waals surface area contributed by atoms with Crippen molar-refractivity contribution in [3.05, 3.63) is 70.8 Å². The first-order valence-corrected chi connectivity index (χ1v) is 7.67. The lowest BCUT2D eigenvalue weighted by atomic mass is 10.1. The lowest BCUT2D eigenvalue weighted by Gasteiger charge is -2.10. The molecule has 124 valence electrons. The molecule has 2 rings (SSSR count). The zero-order valence-electron chi connectivity index (χ0n) is 13.7. The molecule has 0 saturated heterocycles. The average molecular weight is 332 g/mol. The topological polar surface area (TPSA) is 83.1 Å². The van der Waals surface area contributed by atoms with Crippen LogP contribution in [0.25, 0.3) is 6.08 Å². The van der Waals surface area contributed by atoms with Gasteiger partial charge in [0.25, 0.3) is 0 Å². The van der Waals surface area contributed by atoms with Crippen molar-refractivity contribution in [3.63, 3.8) is 0 Å². The van der Waals surface area contributed by atoms with Crippen LogP contribution in [0, 0.1) is 22.7 Å². The summed E-state index contributed by atoms with van der Waals surface area (Å²) < 4.78 is 10.7. The fraction of sp³-hybridized carbons (Fsp3) is 0.150. The minimum Gasteiger partial charge on any atom is -0.488 e. The van der Waals surface area contributed by atoms with E-state index in [2.05, 4.69) is 6.07 Å². The molecule has 0 aliphatic heterocycles. The first-order valence-electron chi connectivity index (χ1n) is 7.67. The van der Waals surface area contributed by atoms with Crippen molar-refractivity contribution in [1.82, 2.24) is 0 Å². The van der Waals surface area contributed by atoms with Crippen LogP contribution < -0.4 is 4.74 Å². The van der Waals surface area contributed by atoms with Crippen LogP contribution in [0.1, 0.15) is 23.6 Å². The quantitative estimate of drug-likeness (QED) is 0.458. The van der Waals surface area contributed by atoms with Crippen molar-refractivity contribution in [3.8, 4) is 17.9 Å². The molecular weight excluding hydrogens is 316 g/mol. The number of benzene rings is 2. The highest BCUT2D eigenvalue weighted by Crippen LogP contribution is 2.22. The first kappa shape index (κ1) is 17.8. The molecule has 2 aromatic carbocycles. The van der Waals surface area contributed by atoms with Gasteiger partial charge in [0.1, 0.15) is 24.0 Å². The summed E-state index contributed by atoms with van der Waals surface area (Å²) in [4.78, 5) is 11.7. The summed E-state index contributed by atoms with van der Waals surface area (Å²) in [5.41, 5.74) is 2.01. The van der Waals surface area contributed by atoms with Crippen LogP contribution in [0.5, 0.6) is 5.75 Å². The number of hydrogen-bond acceptors (Lipinski definition) is 5. The molecular formula is C20H16N2O3. The molecule has 0 amide bonds. The highest BCUT2D eigenvalue weighted by Gasteiger charge is 2.11. The molecule has 0 spiro atoms. The molecule has 0 atom stereocenters. The zero-order valence-corrected chi connectivity index (χ0v) is 13.7. The van der Waals surface area contributed by atoms with Crippen LogP contribution in [0.4, 0.5) is 0 Å². The largest absolute Gasteiger partial charge is 0.488 e. The molecule has 0 fully saturated rings. The molecule has 0 aromatic heterocycles. The zero-order chi connectivity index (χ0) is 18.1. The van der Waals surface area contributed by atoms with Gasteiger partial charge in [-0.15, -0.1) is 0 Å². The SMILES string of the molecule is CCOC(=O)/C(C#N)=C/c1ccccc1OCc1ccc(C#N)cc1. The predicted molar refractivity (Wildman–Crippen MR) is 92.2 cm³/mol. The van der Waals surface area contributed by atoms with Crippen LogP contribution in [0.3, 0.4) is 0 Å². The molecule has 25 heavy (non-hydrogen) atoms. The highest BCUT2D eigenvalue weighted by atomic mass is 16.5. The van der Waals surface area contributed by atoms with E-state index in [4.69, 9.17) is 20.0 Å². The maximum atomic E-state index is 11.7. The van der Waals surface area contributed by atoms with E-state index >= 15 is 0 Å². The van der Waals surface area contributed by atoms with Gasteiger partial charge < -0.3 is 9.47 Å². The Hall–Kier alpha value is -3.57. The second kappa shape index (κ2) is 8.90. The number of nitrogens with zero attached hydrogens (tertiary/aromatic N) is 2. The molecule has 0 saturated carbocycles. The fourth-order valence-electron chi connectivity index (χ4n) is 2.07. The van der Waals surface area contributed by atoms with Gasteiger partial charge in [-0.1, -0.05) is 30.3 Å². The molecule has 2 aromatic rings. The summed E-state index contributed by atoms with van der Waals surface area (Å²) in [6, 6.07) is 18.1. The number of nitriles is 2. The number of ether oxygens (including phenoxy) is 2. The van der Waals surface area contributed by atoms with Crippen molar-refractivity contribution in [1.29, 1.82) is 10.5 Å². The normalized spacial score (nSPS) is 10.4. The second-order valence-corrected chi connectivity index (χ2v) is 5.03. The number of esters is 1. The molecule has 0 heterocycles. The Labute approximate surface area is 146 Å². The van der Waals surface area contributed by atoms with Gasteiger partial charge in [-0.25, -0.2) is 4.79 Å². The van der Waals surface area contributed by atoms with Gasteiger partial charge in [-0.05, 0) is 36.8 Å². The summed E-state index contributed by atoms with van der Waals surface area (Å²) in [5, 5.41) is 18.0. The van der Waals surface area contributed by atoms with Crippen molar-refractivity contribution in [2.75, 3.05) is 6.61 Å². The van der Waals surface area contributed by atoms with Crippen molar-refractivity contribution < 1.29 is 14.3 Å². The molecule has 5 nitrogen and oxygen atoms in total. The minimum atomic E-state index is -0.660. The molecule has 0 aliphatic rings. The van der Waals surface area contributed by atoms with Gasteiger partial charge in [0, 0.05) is 5.56 Å². The molecule has 5 heteroatoms. The molecule has 0 bridgehead atoms. The third kappa shape index (κ3) is 4.95. The van der Waals surface area contributed by atoms with Crippen molar-refractivity contribution >= 4 is 12.0 Å². The number of carbonyl (C=O) groups is 1. The lowest BCUT2D eigenvalue weighted by Crippen LogP contribution is -2.06. The van der Waals surface area contributed by atoms with Crippen LogP contribution in [0.2, 0.25) is 0 Å². The van der Waals surface area contributed by atoms with E-state index in [0.717, 1.165) is 5.56 Å². The van der Waals surface area contributed by atoms with Gasteiger partial charge in [0.2, 0.25) is 0 Å². The van der Waals surface area contributed by atoms with Crippen LogP contribution >= 0.6 is 0 Å². The summed E-state index contributed by atoms with van der Waals surface area (Å²) in [6.07, 6.45) is 1.45. The van der Waals surface area contributed by atoms with Gasteiger partial charge in [-0.2, -0.15) is 10.5 Å². The highest BCUT2D eigenvalue weighted by molar-refractivity contribution is 5.98. The Morgan fingerprint density at radius 1 is 1.12 bits per heavy atom. The number of hydrogen-bond donors (Lipinski definition) is 0. The van der Waals surface area contributed by atoms with E-state index in [9.17, 15) is 4.79 Å². The fourth-order valence-corrected chi connectivity index (χ4v) is 2.07. The predicted octanol–water partition coefficient (Wildman–Crippen LogP) is 3.61. The van der Waals surface area contributed by atoms with E-state index < -0.39 is 5.97 Å². The third-order valence-electron chi connectivity index (χ3n) is 3.31. The van der Waals surface area contributed by atoms with Gasteiger partial charge in [-0.3, -0.25) is 0 Å². The molecule has 0 radical (unpaired) electrons. The third-order valence-corrected chi connectivity index (χ3v) is 3.31. The molecule has 0 unspecified atom stereocenters. The Morgan fingerprint density at radius 3 is 2.48 bits per heavy atom. The molecule has 0 aliphatic carbocycles. The standard InChI is InChI=1S/C20H16N2O3/c1-2-24-20(23)18(13-22)11-17-5-3-4-6-19(17)25-14-16-9-7-15(12-21)8-10-16/h3-11H,2,14H2,1H3/b18-11+. The van der Waals surface area contributed by atoms with Gasteiger partial charge in [0.05, 0.1) is 18.2 Å². The van der Waals surface area contributed by atoms with Crippen molar-refractivity contribution in [2.45, 2.75) is 13.5 Å². The first-order chi connectivity index (χ1) is 12.2. The van der Waals surface area contributed by atoms with Crippen LogP contribution in [-0.4, -0.2) is 12.6 Å². The summed E-state index contributed by atoms with van der Waals surface area (Å²) >= 11 is 0. The average Bonchev–Trinajstić information content (AvgIpc) is 2.65. The Morgan fingerprint density at radius 2 is 1.84 bits per heavy atom. The summed E-state index contributed by atoms with van der Waals surface area (Å²) in [5.74, 6) is -0.115. The van der Waals surface area contributed by atoms with Crippen LogP contribution in [0.15, 0.2) is 54.1 Å². The van der Waals surface area contributed by atoms with E-state index in [1.807, 2.05) is 24.3 Å². The van der Waals surface area contributed by atoms with Gasteiger partial charge >= 0.3 is 5.97 Å². The number of para-hydroxylation sites is 1. The van der Waals surface area contributed by atoms with Crippen molar-refractivity contribution in [2.24, 2.45) is 0 Å². The van der Waals surface area contributed by atoms with Crippen LogP contribution in [-0.2, 0) is 16.1 Å². The Bertz CT molecular complexity index is 856. The monoisotopic (exact) mass is 332 g/mol.